The van der Waals surface area contributed by atoms with Gasteiger partial charge in [0, 0.05) is 11.6 Å². The lowest BCUT2D eigenvalue weighted by atomic mass is 10.1. The van der Waals surface area contributed by atoms with Crippen molar-refractivity contribution in [2.45, 2.75) is 26.2 Å². The molecule has 1 nitrogen and oxygen atoms in total. The van der Waals surface area contributed by atoms with Crippen LogP contribution in [0.25, 0.3) is 0 Å². The Morgan fingerprint density at radius 3 is 2.64 bits per heavy atom. The van der Waals surface area contributed by atoms with E-state index in [1.54, 1.807) is 0 Å². The average Bonchev–Trinajstić information content (AvgIpc) is 2.31. The molecule has 0 aliphatic carbocycles. The van der Waals surface area contributed by atoms with Crippen LogP contribution >= 0.6 is 0 Å². The van der Waals surface area contributed by atoms with Gasteiger partial charge >= 0.3 is 0 Å². The van der Waals surface area contributed by atoms with Crippen LogP contribution in [0.2, 0.25) is 0 Å². The maximum absolute atomic E-state index is 2.27. The molecular formula is C9H16FN. The molecule has 0 saturated heterocycles. The molecule has 1 aliphatic rings. The van der Waals surface area contributed by atoms with Gasteiger partial charge in [0.15, 0.2) is 0 Å². The number of halogens is 1. The van der Waals surface area contributed by atoms with Crippen molar-refractivity contribution in [1.82, 2.24) is 0 Å². The largest absolute Gasteiger partial charge is 1.00 e. The van der Waals surface area contributed by atoms with Gasteiger partial charge in [-0.3, -0.25) is 4.90 Å². The molecule has 0 radical (unpaired) electrons. The standard InChI is InChI=1S/C9H15N.FH/c1-3-4-5-9-6-7-10(2)8-9;/h6-8H,3-5H2,1-2H3;1H. The van der Waals surface area contributed by atoms with Gasteiger partial charge in [0.05, 0.1) is 13.2 Å². The van der Waals surface area contributed by atoms with Crippen LogP contribution in [0, 0.1) is 0 Å². The first-order chi connectivity index (χ1) is 4.83. The fourth-order valence-corrected chi connectivity index (χ4v) is 1.16. The van der Waals surface area contributed by atoms with Crippen LogP contribution in [0.5, 0.6) is 0 Å². The normalized spacial score (nSPS) is 21.3. The van der Waals surface area contributed by atoms with Gasteiger partial charge in [0.25, 0.3) is 0 Å². The van der Waals surface area contributed by atoms with E-state index >= 15 is 0 Å². The number of rotatable bonds is 3. The van der Waals surface area contributed by atoms with E-state index in [1.807, 2.05) is 0 Å². The molecular weight excluding hydrogens is 141 g/mol. The minimum absolute atomic E-state index is 0. The van der Waals surface area contributed by atoms with Gasteiger partial charge in [0.1, 0.15) is 6.20 Å². The van der Waals surface area contributed by atoms with E-state index in [2.05, 4.69) is 32.4 Å². The summed E-state index contributed by atoms with van der Waals surface area (Å²) in [6, 6.07) is 0. The molecule has 1 unspecified atom stereocenters. The second-order valence-electron chi connectivity index (χ2n) is 2.90. The van der Waals surface area contributed by atoms with Crippen molar-refractivity contribution in [3.8, 4) is 0 Å². The van der Waals surface area contributed by atoms with Crippen molar-refractivity contribution < 1.29 is 9.60 Å². The highest BCUT2D eigenvalue weighted by Gasteiger charge is 2.04. The Kier molecular flexibility index (Phi) is 4.79. The summed E-state index contributed by atoms with van der Waals surface area (Å²) in [7, 11) is 2.15. The molecule has 0 aromatic rings. The molecule has 0 fully saturated rings. The fraction of sp³-hybridized carbons (Fsp3) is 0.556. The zero-order valence-corrected chi connectivity index (χ0v) is 7.23. The first-order valence-corrected chi connectivity index (χ1v) is 4.05. The molecule has 0 bridgehead atoms. The Bertz CT molecular complexity index is 161. The van der Waals surface area contributed by atoms with Gasteiger partial charge in [0.2, 0.25) is 0 Å². The summed E-state index contributed by atoms with van der Waals surface area (Å²) >= 11 is 0. The summed E-state index contributed by atoms with van der Waals surface area (Å²) in [4.78, 5) is 1.39. The Morgan fingerprint density at radius 1 is 1.45 bits per heavy atom. The highest BCUT2D eigenvalue weighted by molar-refractivity contribution is 5.17. The zero-order valence-electron chi connectivity index (χ0n) is 7.23. The van der Waals surface area contributed by atoms with Gasteiger partial charge in [-0.05, 0) is 12.8 Å². The summed E-state index contributed by atoms with van der Waals surface area (Å²) in [5, 5.41) is 0. The maximum Gasteiger partial charge on any atom is 0.102 e. The smallest absolute Gasteiger partial charge is 0.102 e. The minimum atomic E-state index is 0. The Hall–Kier alpha value is -0.630. The Labute approximate surface area is 67.8 Å². The van der Waals surface area contributed by atoms with Crippen LogP contribution in [-0.2, 0) is 0 Å². The third kappa shape index (κ3) is 3.33. The molecule has 1 atom stereocenters. The van der Waals surface area contributed by atoms with Gasteiger partial charge in [-0.2, -0.15) is 0 Å². The van der Waals surface area contributed by atoms with Crippen LogP contribution in [0.1, 0.15) is 26.2 Å². The number of hydrogen-bond donors (Lipinski definition) is 1. The van der Waals surface area contributed by atoms with Crippen molar-refractivity contribution >= 4 is 0 Å². The second kappa shape index (κ2) is 5.08. The molecule has 11 heavy (non-hydrogen) atoms. The third-order valence-corrected chi connectivity index (χ3v) is 1.79. The molecule has 1 rings (SSSR count). The van der Waals surface area contributed by atoms with E-state index in [1.165, 1.54) is 29.7 Å². The quantitative estimate of drug-likeness (QED) is 0.488. The molecule has 0 saturated carbocycles. The van der Waals surface area contributed by atoms with Crippen LogP contribution in [0.3, 0.4) is 0 Å². The second-order valence-corrected chi connectivity index (χ2v) is 2.90. The molecule has 2 heteroatoms. The van der Waals surface area contributed by atoms with E-state index in [-0.39, 0.29) is 4.70 Å². The fourth-order valence-electron chi connectivity index (χ4n) is 1.16. The van der Waals surface area contributed by atoms with Crippen molar-refractivity contribution in [3.05, 3.63) is 24.0 Å². The predicted octanol–water partition coefficient (Wildman–Crippen LogP) is -1.89. The number of quaternary nitrogens is 1. The minimum Gasteiger partial charge on any atom is -1.00 e. The van der Waals surface area contributed by atoms with Gasteiger partial charge < -0.3 is 4.70 Å². The summed E-state index contributed by atoms with van der Waals surface area (Å²) < 4.78 is 0. The third-order valence-electron chi connectivity index (χ3n) is 1.79. The Morgan fingerprint density at radius 2 is 2.18 bits per heavy atom. The van der Waals surface area contributed by atoms with Crippen LogP contribution < -0.4 is 9.60 Å². The molecule has 64 valence electrons. The van der Waals surface area contributed by atoms with E-state index < -0.39 is 0 Å². The van der Waals surface area contributed by atoms with Crippen LogP contribution in [0.15, 0.2) is 24.0 Å². The number of nitrogens with one attached hydrogen (secondary N) is 1. The first-order valence-electron chi connectivity index (χ1n) is 4.05. The van der Waals surface area contributed by atoms with Crippen LogP contribution in [0.4, 0.5) is 0 Å². The van der Waals surface area contributed by atoms with Gasteiger partial charge in [-0.25, -0.2) is 0 Å². The summed E-state index contributed by atoms with van der Waals surface area (Å²) in [6.45, 7) is 2.23. The summed E-state index contributed by atoms with van der Waals surface area (Å²) in [5.74, 6) is 0. The summed E-state index contributed by atoms with van der Waals surface area (Å²) in [6.07, 6.45) is 10.6. The predicted molar refractivity (Wildman–Crippen MR) is 43.6 cm³/mol. The van der Waals surface area contributed by atoms with E-state index in [0.29, 0.717) is 0 Å². The number of hydrogen-bond acceptors (Lipinski definition) is 0. The lowest BCUT2D eigenvalue weighted by Crippen LogP contribution is -3.00. The highest BCUT2D eigenvalue weighted by atomic mass is 19.0. The topological polar surface area (TPSA) is 4.44 Å². The van der Waals surface area contributed by atoms with Crippen molar-refractivity contribution in [2.75, 3.05) is 7.05 Å². The molecule has 0 aromatic carbocycles. The van der Waals surface area contributed by atoms with E-state index in [0.717, 1.165) is 0 Å². The summed E-state index contributed by atoms with van der Waals surface area (Å²) in [5.41, 5.74) is 1.50. The van der Waals surface area contributed by atoms with Gasteiger partial charge in [-0.1, -0.05) is 13.3 Å². The van der Waals surface area contributed by atoms with Crippen molar-refractivity contribution in [2.24, 2.45) is 0 Å². The maximum atomic E-state index is 2.27. The SMILES string of the molecule is CCCCC1=C[NH+](C)C=C1.[F-]. The molecule has 1 aliphatic heterocycles. The van der Waals surface area contributed by atoms with E-state index in [9.17, 15) is 0 Å². The number of unbranched alkanes of at least 4 members (excludes halogenated alkanes) is 1. The van der Waals surface area contributed by atoms with Crippen molar-refractivity contribution in [1.29, 1.82) is 0 Å². The molecule has 1 N–H and O–H groups in total. The first kappa shape index (κ1) is 10.4. The highest BCUT2D eigenvalue weighted by Crippen LogP contribution is 2.07. The molecule has 0 spiro atoms. The van der Waals surface area contributed by atoms with Gasteiger partial charge in [-0.15, -0.1) is 0 Å². The molecule has 1 heterocycles. The monoisotopic (exact) mass is 157 g/mol. The Balaban J connectivity index is 0.000001000. The lowest BCUT2D eigenvalue weighted by molar-refractivity contribution is -0.763. The molecule has 0 aromatic heterocycles. The lowest BCUT2D eigenvalue weighted by Gasteiger charge is -1.94. The molecule has 0 amide bonds. The average molecular weight is 157 g/mol. The van der Waals surface area contributed by atoms with Crippen molar-refractivity contribution in [3.63, 3.8) is 0 Å². The zero-order chi connectivity index (χ0) is 7.40. The number of allylic oxidation sites excluding steroid dienone is 2. The van der Waals surface area contributed by atoms with E-state index in [4.69, 9.17) is 0 Å². The van der Waals surface area contributed by atoms with Crippen LogP contribution in [-0.4, -0.2) is 7.05 Å².